The van der Waals surface area contributed by atoms with Gasteiger partial charge in [0.15, 0.2) is 46.1 Å². The zero-order valence-corrected chi connectivity index (χ0v) is 24.7. The molecule has 0 amide bonds. The van der Waals surface area contributed by atoms with Crippen LogP contribution < -0.4 is 33.2 Å². The normalized spacial score (nSPS) is 10.7. The molecule has 3 aromatic carbocycles. The highest BCUT2D eigenvalue weighted by Crippen LogP contribution is 2.41. The van der Waals surface area contributed by atoms with Crippen molar-refractivity contribution < 1.29 is 42.7 Å². The summed E-state index contributed by atoms with van der Waals surface area (Å²) in [6.45, 7) is 0. The number of benzene rings is 3. The van der Waals surface area contributed by atoms with E-state index in [2.05, 4.69) is 0 Å². The molecule has 0 saturated carbocycles. The Labute approximate surface area is 245 Å². The summed E-state index contributed by atoms with van der Waals surface area (Å²) in [6.07, 6.45) is 7.17. The van der Waals surface area contributed by atoms with Crippen LogP contribution in [0.3, 0.4) is 0 Å². The third-order valence-corrected chi connectivity index (χ3v) is 6.26. The molecule has 0 heterocycles. The van der Waals surface area contributed by atoms with Gasteiger partial charge in [0.05, 0.1) is 55.3 Å². The number of carbonyl (C=O) groups is 2. The van der Waals surface area contributed by atoms with E-state index in [1.165, 1.54) is 68.0 Å². The monoisotopic (exact) mass is 574 g/mol. The molecule has 0 fully saturated rings. The fourth-order valence-corrected chi connectivity index (χ4v) is 4.25. The van der Waals surface area contributed by atoms with Gasteiger partial charge in [0.2, 0.25) is 5.75 Å². The lowest BCUT2D eigenvalue weighted by Crippen LogP contribution is -2.09. The second-order valence-electron chi connectivity index (χ2n) is 8.54. The molecule has 0 radical (unpaired) electrons. The molecule has 0 atom stereocenters. The minimum Gasteiger partial charge on any atom is -0.493 e. The Balaban J connectivity index is 2.13. The zero-order chi connectivity index (χ0) is 30.6. The number of hydrogen-bond donors (Lipinski definition) is 0. The number of methoxy groups -OCH3 is 7. The van der Waals surface area contributed by atoms with E-state index < -0.39 is 11.6 Å². The molecule has 220 valence electrons. The fourth-order valence-electron chi connectivity index (χ4n) is 4.25. The molecular formula is C33H34O9. The quantitative estimate of drug-likeness (QED) is 0.136. The average molecular weight is 575 g/mol. The molecule has 0 aromatic heterocycles. The Kier molecular flexibility index (Phi) is 11.2. The van der Waals surface area contributed by atoms with Gasteiger partial charge in [-0.15, -0.1) is 0 Å². The molecule has 0 aliphatic heterocycles. The van der Waals surface area contributed by atoms with Crippen molar-refractivity contribution in [2.75, 3.05) is 49.8 Å². The van der Waals surface area contributed by atoms with Crippen molar-refractivity contribution in [2.45, 2.75) is 0 Å². The second kappa shape index (κ2) is 15.0. The zero-order valence-electron chi connectivity index (χ0n) is 24.7. The van der Waals surface area contributed by atoms with Crippen molar-refractivity contribution in [1.29, 1.82) is 0 Å². The van der Waals surface area contributed by atoms with Gasteiger partial charge in [-0.05, 0) is 54.6 Å². The number of ether oxygens (including phenoxy) is 7. The number of ketones is 2. The number of allylic oxidation sites excluding steroid dienone is 3. The summed E-state index contributed by atoms with van der Waals surface area (Å²) in [4.78, 5) is 27.2. The van der Waals surface area contributed by atoms with E-state index in [1.54, 1.807) is 60.7 Å². The van der Waals surface area contributed by atoms with Crippen LogP contribution in [0.15, 0.2) is 66.3 Å². The van der Waals surface area contributed by atoms with Gasteiger partial charge in [-0.25, -0.2) is 0 Å². The maximum Gasteiger partial charge on any atom is 0.203 e. The van der Waals surface area contributed by atoms with Crippen LogP contribution in [0.5, 0.6) is 40.2 Å². The Hall–Kier alpha value is -5.18. The van der Waals surface area contributed by atoms with Gasteiger partial charge < -0.3 is 33.2 Å². The molecule has 9 heteroatoms. The fraction of sp³-hybridized carbons (Fsp3) is 0.212. The first kappa shape index (κ1) is 31.3. The van der Waals surface area contributed by atoms with Crippen molar-refractivity contribution in [3.63, 3.8) is 0 Å². The molecule has 0 aliphatic carbocycles. The SMILES string of the molecule is COc1cccc(/C=C/C(=O)C(=Cc2ccc(OC)c(OC)c2OC)C(=O)/C=C/c2cccc(OC)c2OC)c1OC. The van der Waals surface area contributed by atoms with Gasteiger partial charge in [-0.3, -0.25) is 9.59 Å². The molecule has 3 aromatic rings. The van der Waals surface area contributed by atoms with E-state index in [0.717, 1.165) is 0 Å². The topological polar surface area (TPSA) is 98.8 Å². The summed E-state index contributed by atoms with van der Waals surface area (Å²) in [5.41, 5.74) is 1.50. The van der Waals surface area contributed by atoms with E-state index in [-0.39, 0.29) is 5.57 Å². The summed E-state index contributed by atoms with van der Waals surface area (Å²) in [7, 11) is 10.5. The molecule has 3 rings (SSSR count). The summed E-state index contributed by atoms with van der Waals surface area (Å²) in [6, 6.07) is 13.9. The summed E-state index contributed by atoms with van der Waals surface area (Å²) in [5.74, 6) is 1.86. The number of hydrogen-bond acceptors (Lipinski definition) is 9. The van der Waals surface area contributed by atoms with Crippen molar-refractivity contribution in [1.82, 2.24) is 0 Å². The highest BCUT2D eigenvalue weighted by atomic mass is 16.5. The van der Waals surface area contributed by atoms with Crippen molar-refractivity contribution in [3.8, 4) is 40.2 Å². The minimum atomic E-state index is -0.552. The van der Waals surface area contributed by atoms with Crippen LogP contribution in [0.4, 0.5) is 0 Å². The average Bonchev–Trinajstić information content (AvgIpc) is 3.03. The van der Waals surface area contributed by atoms with Gasteiger partial charge in [-0.2, -0.15) is 0 Å². The molecule has 0 saturated heterocycles. The summed E-state index contributed by atoms with van der Waals surface area (Å²) < 4.78 is 38.0. The van der Waals surface area contributed by atoms with Crippen LogP contribution in [-0.2, 0) is 9.59 Å². The number of para-hydroxylation sites is 2. The van der Waals surface area contributed by atoms with Gasteiger partial charge >= 0.3 is 0 Å². The smallest absolute Gasteiger partial charge is 0.203 e. The molecule has 42 heavy (non-hydrogen) atoms. The van der Waals surface area contributed by atoms with Crippen molar-refractivity contribution in [3.05, 3.63) is 82.9 Å². The molecular weight excluding hydrogens is 540 g/mol. The summed E-state index contributed by atoms with van der Waals surface area (Å²) >= 11 is 0. The lowest BCUT2D eigenvalue weighted by Gasteiger charge is -2.14. The van der Waals surface area contributed by atoms with Crippen LogP contribution in [0.2, 0.25) is 0 Å². The molecule has 0 aliphatic rings. The molecule has 0 unspecified atom stereocenters. The van der Waals surface area contributed by atoms with Crippen LogP contribution in [0.1, 0.15) is 16.7 Å². The van der Waals surface area contributed by atoms with E-state index in [4.69, 9.17) is 33.2 Å². The third-order valence-electron chi connectivity index (χ3n) is 6.26. The minimum absolute atomic E-state index is 0.128. The van der Waals surface area contributed by atoms with Gasteiger partial charge in [0.25, 0.3) is 0 Å². The third kappa shape index (κ3) is 6.93. The predicted octanol–water partition coefficient (Wildman–Crippen LogP) is 5.70. The van der Waals surface area contributed by atoms with Crippen LogP contribution in [-0.4, -0.2) is 61.3 Å². The van der Waals surface area contributed by atoms with Crippen molar-refractivity contribution >= 4 is 29.8 Å². The van der Waals surface area contributed by atoms with Crippen LogP contribution in [0.25, 0.3) is 18.2 Å². The largest absolute Gasteiger partial charge is 0.493 e. The Morgan fingerprint density at radius 3 is 1.31 bits per heavy atom. The van der Waals surface area contributed by atoms with Gasteiger partial charge in [0.1, 0.15) is 0 Å². The maximum atomic E-state index is 13.6. The standard InChI is InChI=1S/C33H34O9/c1-36-27-12-8-10-21(30(27)39-4)14-17-25(34)24(20-23-16-19-29(38-3)33(42-7)32(23)41-6)26(35)18-15-22-11-9-13-28(37-2)31(22)40-5/h8-20H,1-7H3/b17-14+,18-15+. The first-order valence-corrected chi connectivity index (χ1v) is 12.7. The number of carbonyl (C=O) groups excluding carboxylic acids is 2. The van der Waals surface area contributed by atoms with Gasteiger partial charge in [-0.1, -0.05) is 24.3 Å². The lowest BCUT2D eigenvalue weighted by atomic mass is 9.99. The molecule has 0 spiro atoms. The Bertz CT molecular complexity index is 1440. The first-order chi connectivity index (χ1) is 20.4. The van der Waals surface area contributed by atoms with Crippen LogP contribution in [0, 0.1) is 0 Å². The first-order valence-electron chi connectivity index (χ1n) is 12.7. The predicted molar refractivity (Wildman–Crippen MR) is 161 cm³/mol. The Morgan fingerprint density at radius 2 is 0.905 bits per heavy atom. The van der Waals surface area contributed by atoms with E-state index in [0.29, 0.717) is 56.9 Å². The van der Waals surface area contributed by atoms with E-state index in [9.17, 15) is 9.59 Å². The highest BCUT2D eigenvalue weighted by Gasteiger charge is 2.20. The van der Waals surface area contributed by atoms with E-state index >= 15 is 0 Å². The molecule has 9 nitrogen and oxygen atoms in total. The highest BCUT2D eigenvalue weighted by molar-refractivity contribution is 6.31. The second-order valence-corrected chi connectivity index (χ2v) is 8.54. The van der Waals surface area contributed by atoms with Gasteiger partial charge in [0, 0.05) is 16.7 Å². The molecule has 0 N–H and O–H groups in total. The lowest BCUT2D eigenvalue weighted by molar-refractivity contribution is -0.116. The molecule has 0 bridgehead atoms. The van der Waals surface area contributed by atoms with Crippen molar-refractivity contribution in [2.24, 2.45) is 0 Å². The van der Waals surface area contributed by atoms with Crippen LogP contribution >= 0.6 is 0 Å². The maximum absolute atomic E-state index is 13.6. The summed E-state index contributed by atoms with van der Waals surface area (Å²) in [5, 5.41) is 0. The number of rotatable bonds is 14. The van der Waals surface area contributed by atoms with E-state index in [1.807, 2.05) is 0 Å². The Morgan fingerprint density at radius 1 is 0.476 bits per heavy atom.